The number of hydrogen-bond acceptors (Lipinski definition) is 5. The fourth-order valence-corrected chi connectivity index (χ4v) is 4.04. The van der Waals surface area contributed by atoms with Crippen molar-refractivity contribution in [1.82, 2.24) is 9.88 Å². The van der Waals surface area contributed by atoms with Gasteiger partial charge in [-0.05, 0) is 37.2 Å². The van der Waals surface area contributed by atoms with Crippen LogP contribution in [0.25, 0.3) is 15.8 Å². The summed E-state index contributed by atoms with van der Waals surface area (Å²) in [6.07, 6.45) is 5.02. The van der Waals surface area contributed by atoms with Gasteiger partial charge in [0.2, 0.25) is 0 Å². The van der Waals surface area contributed by atoms with Crippen molar-refractivity contribution in [2.75, 3.05) is 25.9 Å². The number of hydrogen-bond donors (Lipinski definition) is 1. The number of fused-ring (bicyclic) bond motifs is 1. The van der Waals surface area contributed by atoms with Crippen LogP contribution in [0, 0.1) is 5.82 Å². The van der Waals surface area contributed by atoms with Crippen molar-refractivity contribution in [2.45, 2.75) is 6.42 Å². The smallest absolute Gasteiger partial charge is 0.167 e. The minimum absolute atomic E-state index is 0.160. The van der Waals surface area contributed by atoms with E-state index in [4.69, 9.17) is 10.5 Å². The highest BCUT2D eigenvalue weighted by Crippen LogP contribution is 2.38. The third kappa shape index (κ3) is 3.23. The molecule has 0 atom stereocenters. The zero-order chi connectivity index (χ0) is 17.4. The average molecular weight is 355 g/mol. The summed E-state index contributed by atoms with van der Waals surface area (Å²) in [6, 6.07) is 8.27. The number of thiophene rings is 1. The summed E-state index contributed by atoms with van der Waals surface area (Å²) < 4.78 is 20.8. The molecule has 1 aliphatic heterocycles. The molecule has 0 saturated carbocycles. The average Bonchev–Trinajstić information content (AvgIpc) is 3.03. The number of pyridine rings is 1. The first-order chi connectivity index (χ1) is 12.1. The fraction of sp³-hybridized carbons (Fsp3) is 0.211. The third-order valence-electron chi connectivity index (χ3n) is 4.21. The van der Waals surface area contributed by atoms with E-state index in [2.05, 4.69) is 29.1 Å². The lowest BCUT2D eigenvalue weighted by Crippen LogP contribution is -2.24. The Morgan fingerprint density at radius 2 is 2.12 bits per heavy atom. The van der Waals surface area contributed by atoms with E-state index in [1.54, 1.807) is 35.7 Å². The molecule has 0 bridgehead atoms. The summed E-state index contributed by atoms with van der Waals surface area (Å²) in [7, 11) is 2.12. The summed E-state index contributed by atoms with van der Waals surface area (Å²) in [5.41, 5.74) is 8.14. The molecule has 3 aromatic rings. The molecule has 0 aliphatic carbocycles. The molecule has 4 nitrogen and oxygen atoms in total. The van der Waals surface area contributed by atoms with Crippen LogP contribution >= 0.6 is 11.3 Å². The number of nitrogen functional groups attached to an aromatic ring is 1. The highest BCUT2D eigenvalue weighted by molar-refractivity contribution is 7.20. The lowest BCUT2D eigenvalue weighted by atomic mass is 10.1. The van der Waals surface area contributed by atoms with Gasteiger partial charge in [0, 0.05) is 42.0 Å². The molecule has 25 heavy (non-hydrogen) atoms. The lowest BCUT2D eigenvalue weighted by molar-refractivity contribution is 0.373. The number of ether oxygens (including phenoxy) is 1. The van der Waals surface area contributed by atoms with Crippen LogP contribution in [-0.2, 0) is 0 Å². The van der Waals surface area contributed by atoms with Crippen LogP contribution < -0.4 is 10.5 Å². The van der Waals surface area contributed by atoms with E-state index in [9.17, 15) is 4.39 Å². The van der Waals surface area contributed by atoms with E-state index >= 15 is 0 Å². The van der Waals surface area contributed by atoms with Gasteiger partial charge in [-0.1, -0.05) is 6.08 Å². The Kier molecular flexibility index (Phi) is 4.15. The van der Waals surface area contributed by atoms with Crippen LogP contribution in [0.1, 0.15) is 11.3 Å². The highest BCUT2D eigenvalue weighted by atomic mass is 32.1. The SMILES string of the molecule is CN1CCC=C(c2cc3nccc(Oc4ccc(N)cc4F)c3s2)C1. The van der Waals surface area contributed by atoms with E-state index in [0.29, 0.717) is 11.4 Å². The number of nitrogens with zero attached hydrogens (tertiary/aromatic N) is 2. The van der Waals surface area contributed by atoms with Crippen molar-refractivity contribution in [3.63, 3.8) is 0 Å². The number of anilines is 1. The Balaban J connectivity index is 1.71. The Morgan fingerprint density at radius 3 is 2.92 bits per heavy atom. The van der Waals surface area contributed by atoms with Gasteiger partial charge in [0.15, 0.2) is 11.6 Å². The molecule has 6 heteroatoms. The molecule has 0 fully saturated rings. The summed E-state index contributed by atoms with van der Waals surface area (Å²) in [5.74, 6) is 0.293. The summed E-state index contributed by atoms with van der Waals surface area (Å²) in [4.78, 5) is 7.91. The summed E-state index contributed by atoms with van der Waals surface area (Å²) >= 11 is 1.63. The van der Waals surface area contributed by atoms with Gasteiger partial charge < -0.3 is 15.4 Å². The number of rotatable bonds is 3. The van der Waals surface area contributed by atoms with E-state index in [0.717, 1.165) is 29.7 Å². The molecule has 0 radical (unpaired) electrons. The van der Waals surface area contributed by atoms with Crippen molar-refractivity contribution in [3.05, 3.63) is 53.3 Å². The lowest BCUT2D eigenvalue weighted by Gasteiger charge is -2.22. The maximum absolute atomic E-state index is 14.0. The molecule has 2 N–H and O–H groups in total. The standard InChI is InChI=1S/C19H18FN3OS/c1-23-8-2-3-12(11-23)18-10-15-19(25-18)17(6-7-22-15)24-16-5-4-13(21)9-14(16)20/h3-7,9-10H,2,8,11,21H2,1H3. The topological polar surface area (TPSA) is 51.4 Å². The second kappa shape index (κ2) is 6.46. The van der Waals surface area contributed by atoms with Gasteiger partial charge in [-0.2, -0.15) is 0 Å². The predicted octanol–water partition coefficient (Wildman–Crippen LogP) is 4.53. The van der Waals surface area contributed by atoms with Crippen molar-refractivity contribution in [3.8, 4) is 11.5 Å². The number of likely N-dealkylation sites (N-methyl/N-ethyl adjacent to an activating group) is 1. The van der Waals surface area contributed by atoms with Crippen LogP contribution in [0.4, 0.5) is 10.1 Å². The first kappa shape index (κ1) is 16.1. The summed E-state index contributed by atoms with van der Waals surface area (Å²) in [5, 5.41) is 0. The van der Waals surface area contributed by atoms with Gasteiger partial charge in [-0.3, -0.25) is 4.98 Å². The molecule has 1 aliphatic rings. The first-order valence-electron chi connectivity index (χ1n) is 8.09. The maximum atomic E-state index is 14.0. The number of nitrogens with two attached hydrogens (primary N) is 1. The summed E-state index contributed by atoms with van der Waals surface area (Å²) in [6.45, 7) is 2.01. The van der Waals surface area contributed by atoms with Crippen LogP contribution in [-0.4, -0.2) is 30.0 Å². The van der Waals surface area contributed by atoms with Crippen LogP contribution in [0.15, 0.2) is 42.6 Å². The van der Waals surface area contributed by atoms with Crippen molar-refractivity contribution in [1.29, 1.82) is 0 Å². The fourth-order valence-electron chi connectivity index (χ4n) is 2.94. The molecule has 2 aromatic heterocycles. The number of aromatic nitrogens is 1. The van der Waals surface area contributed by atoms with Gasteiger partial charge in [0.1, 0.15) is 5.75 Å². The van der Waals surface area contributed by atoms with Crippen LogP contribution in [0.2, 0.25) is 0 Å². The highest BCUT2D eigenvalue weighted by Gasteiger charge is 2.16. The molecule has 128 valence electrons. The number of halogens is 1. The predicted molar refractivity (Wildman–Crippen MR) is 101 cm³/mol. The van der Waals surface area contributed by atoms with E-state index in [1.165, 1.54) is 16.5 Å². The molecule has 1 aromatic carbocycles. The Morgan fingerprint density at radius 1 is 1.24 bits per heavy atom. The molecule has 0 unspecified atom stereocenters. The second-order valence-corrected chi connectivity index (χ2v) is 7.23. The minimum atomic E-state index is -0.474. The second-order valence-electron chi connectivity index (χ2n) is 6.18. The van der Waals surface area contributed by atoms with Gasteiger partial charge >= 0.3 is 0 Å². The number of benzene rings is 1. The molecular formula is C19H18FN3OS. The molecule has 0 amide bonds. The van der Waals surface area contributed by atoms with Gasteiger partial charge in [0.05, 0.1) is 10.2 Å². The first-order valence-corrected chi connectivity index (χ1v) is 8.91. The molecule has 4 rings (SSSR count). The minimum Gasteiger partial charge on any atom is -0.453 e. The third-order valence-corrected chi connectivity index (χ3v) is 5.42. The van der Waals surface area contributed by atoms with Crippen molar-refractivity contribution >= 4 is 32.8 Å². The van der Waals surface area contributed by atoms with Crippen molar-refractivity contribution < 1.29 is 9.13 Å². The Labute approximate surface area is 149 Å². The van der Waals surface area contributed by atoms with Gasteiger partial charge in [-0.15, -0.1) is 11.3 Å². The largest absolute Gasteiger partial charge is 0.453 e. The van der Waals surface area contributed by atoms with E-state index in [1.807, 2.05) is 0 Å². The van der Waals surface area contributed by atoms with E-state index in [-0.39, 0.29) is 5.75 Å². The Hall–Kier alpha value is -2.44. The van der Waals surface area contributed by atoms with E-state index < -0.39 is 5.82 Å². The molecule has 0 saturated heterocycles. The molecule has 3 heterocycles. The van der Waals surface area contributed by atoms with Crippen LogP contribution in [0.3, 0.4) is 0 Å². The quantitative estimate of drug-likeness (QED) is 0.702. The Bertz CT molecular complexity index is 966. The maximum Gasteiger partial charge on any atom is 0.167 e. The van der Waals surface area contributed by atoms with Crippen molar-refractivity contribution in [2.24, 2.45) is 0 Å². The van der Waals surface area contributed by atoms with Gasteiger partial charge in [0.25, 0.3) is 0 Å². The molecular weight excluding hydrogens is 337 g/mol. The van der Waals surface area contributed by atoms with Crippen LogP contribution in [0.5, 0.6) is 11.5 Å². The zero-order valence-electron chi connectivity index (χ0n) is 13.8. The zero-order valence-corrected chi connectivity index (χ0v) is 14.6. The molecule has 0 spiro atoms. The van der Waals surface area contributed by atoms with Gasteiger partial charge in [-0.25, -0.2) is 4.39 Å². The monoisotopic (exact) mass is 355 g/mol. The normalized spacial score (nSPS) is 15.4.